The number of nitrogens with one attached hydrogen (secondary N) is 1. The van der Waals surface area contributed by atoms with Crippen molar-refractivity contribution in [3.8, 4) is 5.75 Å². The van der Waals surface area contributed by atoms with Crippen LogP contribution < -0.4 is 9.64 Å². The number of amides is 1. The molecule has 0 unspecified atom stereocenters. The molecule has 0 bridgehead atoms. The number of benzene rings is 1. The fourth-order valence-electron chi connectivity index (χ4n) is 2.59. The number of hydrogen-bond acceptors (Lipinski definition) is 2. The van der Waals surface area contributed by atoms with Gasteiger partial charge in [-0.2, -0.15) is 0 Å². The Kier molecular flexibility index (Phi) is 5.88. The van der Waals surface area contributed by atoms with Crippen molar-refractivity contribution in [2.45, 2.75) is 26.4 Å². The van der Waals surface area contributed by atoms with Gasteiger partial charge in [-0.05, 0) is 37.6 Å². The molecule has 1 N–H and O–H groups in total. The van der Waals surface area contributed by atoms with Crippen LogP contribution in [0.15, 0.2) is 24.3 Å². The molecule has 4 nitrogen and oxygen atoms in total. The molecule has 1 saturated heterocycles. The SMILES string of the molecule is CC[C@H](Oc1ccc(Cl)cc1)C(=O)N1CC[NH+](CC)CC1. The number of carbonyl (C=O) groups excluding carboxylic acids is 1. The van der Waals surface area contributed by atoms with Gasteiger partial charge in [-0.3, -0.25) is 4.79 Å². The molecule has 1 aromatic carbocycles. The lowest BCUT2D eigenvalue weighted by Gasteiger charge is -2.33. The third-order valence-corrected chi connectivity index (χ3v) is 4.27. The molecule has 1 amide bonds. The van der Waals surface area contributed by atoms with Gasteiger partial charge in [0.15, 0.2) is 6.10 Å². The summed E-state index contributed by atoms with van der Waals surface area (Å²) in [5.41, 5.74) is 0. The van der Waals surface area contributed by atoms with E-state index in [2.05, 4.69) is 6.92 Å². The van der Waals surface area contributed by atoms with E-state index in [1.165, 1.54) is 0 Å². The van der Waals surface area contributed by atoms with Crippen LogP contribution in [-0.4, -0.2) is 49.6 Å². The molecule has 2 rings (SSSR count). The summed E-state index contributed by atoms with van der Waals surface area (Å²) in [7, 11) is 0. The predicted octanol–water partition coefficient (Wildman–Crippen LogP) is 1.24. The molecule has 1 atom stereocenters. The molecule has 116 valence electrons. The van der Waals surface area contributed by atoms with E-state index < -0.39 is 6.10 Å². The number of quaternary nitrogens is 1. The standard InChI is InChI=1S/C16H23ClN2O2/c1-3-15(21-14-7-5-13(17)6-8-14)16(20)19-11-9-18(4-2)10-12-19/h5-8,15H,3-4,9-12H2,1-2H3/p+1/t15-/m0/s1. The van der Waals surface area contributed by atoms with Crippen LogP contribution in [-0.2, 0) is 4.79 Å². The molecule has 0 spiro atoms. The lowest BCUT2D eigenvalue weighted by Crippen LogP contribution is -3.14. The summed E-state index contributed by atoms with van der Waals surface area (Å²) < 4.78 is 5.83. The van der Waals surface area contributed by atoms with Crippen molar-refractivity contribution >= 4 is 17.5 Å². The van der Waals surface area contributed by atoms with Crippen LogP contribution >= 0.6 is 11.6 Å². The van der Waals surface area contributed by atoms with Crippen LogP contribution in [0.1, 0.15) is 20.3 Å². The monoisotopic (exact) mass is 311 g/mol. The van der Waals surface area contributed by atoms with Crippen molar-refractivity contribution in [3.05, 3.63) is 29.3 Å². The third-order valence-electron chi connectivity index (χ3n) is 4.02. The maximum atomic E-state index is 12.6. The largest absolute Gasteiger partial charge is 0.481 e. The summed E-state index contributed by atoms with van der Waals surface area (Å²) in [5, 5.41) is 0.667. The highest BCUT2D eigenvalue weighted by Gasteiger charge is 2.28. The zero-order chi connectivity index (χ0) is 15.2. The maximum Gasteiger partial charge on any atom is 0.264 e. The number of rotatable bonds is 5. The quantitative estimate of drug-likeness (QED) is 0.888. The molecular weight excluding hydrogens is 288 g/mol. The number of carbonyl (C=O) groups is 1. The zero-order valence-corrected chi connectivity index (χ0v) is 13.5. The Morgan fingerprint density at radius 3 is 2.43 bits per heavy atom. The molecule has 1 aliphatic rings. The van der Waals surface area contributed by atoms with Crippen LogP contribution in [0, 0.1) is 0 Å². The van der Waals surface area contributed by atoms with Crippen LogP contribution in [0.2, 0.25) is 5.02 Å². The first-order chi connectivity index (χ1) is 10.1. The molecule has 1 aromatic rings. The zero-order valence-electron chi connectivity index (χ0n) is 12.8. The van der Waals surface area contributed by atoms with Crippen molar-refractivity contribution in [3.63, 3.8) is 0 Å². The fraction of sp³-hybridized carbons (Fsp3) is 0.562. The van der Waals surface area contributed by atoms with Crippen molar-refractivity contribution in [1.29, 1.82) is 0 Å². The van der Waals surface area contributed by atoms with Crippen LogP contribution in [0.5, 0.6) is 5.75 Å². The molecule has 0 aromatic heterocycles. The van der Waals surface area contributed by atoms with E-state index in [1.807, 2.05) is 11.8 Å². The van der Waals surface area contributed by atoms with E-state index in [0.717, 1.165) is 32.7 Å². The van der Waals surface area contributed by atoms with E-state index in [-0.39, 0.29) is 5.91 Å². The fourth-order valence-corrected chi connectivity index (χ4v) is 2.71. The van der Waals surface area contributed by atoms with Crippen molar-refractivity contribution in [2.24, 2.45) is 0 Å². The lowest BCUT2D eigenvalue weighted by atomic mass is 10.2. The second-order valence-electron chi connectivity index (χ2n) is 5.40. The molecule has 5 heteroatoms. The Morgan fingerprint density at radius 1 is 1.29 bits per heavy atom. The highest BCUT2D eigenvalue weighted by Crippen LogP contribution is 2.18. The lowest BCUT2D eigenvalue weighted by molar-refractivity contribution is -0.902. The molecular formula is C16H24ClN2O2+. The van der Waals surface area contributed by atoms with Crippen LogP contribution in [0.4, 0.5) is 0 Å². The first kappa shape index (κ1) is 16.1. The second-order valence-corrected chi connectivity index (χ2v) is 5.83. The van der Waals surface area contributed by atoms with E-state index in [4.69, 9.17) is 16.3 Å². The van der Waals surface area contributed by atoms with Gasteiger partial charge in [-0.25, -0.2) is 0 Å². The summed E-state index contributed by atoms with van der Waals surface area (Å²) in [6.45, 7) is 8.99. The Morgan fingerprint density at radius 2 is 1.90 bits per heavy atom. The maximum absolute atomic E-state index is 12.6. The molecule has 0 aliphatic carbocycles. The van der Waals surface area contributed by atoms with Gasteiger partial charge in [0.25, 0.3) is 5.91 Å². The van der Waals surface area contributed by atoms with Crippen molar-refractivity contribution in [2.75, 3.05) is 32.7 Å². The van der Waals surface area contributed by atoms with E-state index in [9.17, 15) is 4.79 Å². The average molecular weight is 312 g/mol. The summed E-state index contributed by atoms with van der Waals surface area (Å²) in [5.74, 6) is 0.792. The minimum Gasteiger partial charge on any atom is -0.481 e. The van der Waals surface area contributed by atoms with E-state index in [0.29, 0.717) is 17.2 Å². The van der Waals surface area contributed by atoms with Crippen LogP contribution in [0.25, 0.3) is 0 Å². The molecule has 0 radical (unpaired) electrons. The number of piperazine rings is 1. The highest BCUT2D eigenvalue weighted by atomic mass is 35.5. The molecule has 1 heterocycles. The third kappa shape index (κ3) is 4.35. The van der Waals surface area contributed by atoms with Gasteiger partial charge in [-0.15, -0.1) is 0 Å². The average Bonchev–Trinajstić information content (AvgIpc) is 2.54. The number of hydrogen-bond donors (Lipinski definition) is 1. The minimum atomic E-state index is -0.408. The summed E-state index contributed by atoms with van der Waals surface area (Å²) in [6.07, 6.45) is 0.261. The van der Waals surface area contributed by atoms with E-state index >= 15 is 0 Å². The first-order valence-electron chi connectivity index (χ1n) is 7.68. The van der Waals surface area contributed by atoms with Gasteiger partial charge in [0.1, 0.15) is 5.75 Å². The molecule has 1 fully saturated rings. The molecule has 21 heavy (non-hydrogen) atoms. The normalized spacial score (nSPS) is 17.6. The van der Waals surface area contributed by atoms with Gasteiger partial charge >= 0.3 is 0 Å². The molecule has 0 saturated carbocycles. The summed E-state index contributed by atoms with van der Waals surface area (Å²) in [4.78, 5) is 16.1. The predicted molar refractivity (Wildman–Crippen MR) is 84.0 cm³/mol. The second kappa shape index (κ2) is 7.66. The van der Waals surface area contributed by atoms with Crippen molar-refractivity contribution < 1.29 is 14.4 Å². The van der Waals surface area contributed by atoms with Gasteiger partial charge in [0.2, 0.25) is 0 Å². The van der Waals surface area contributed by atoms with Gasteiger partial charge in [0.05, 0.1) is 32.7 Å². The molecule has 1 aliphatic heterocycles. The van der Waals surface area contributed by atoms with Crippen LogP contribution in [0.3, 0.4) is 0 Å². The van der Waals surface area contributed by atoms with Gasteiger partial charge in [-0.1, -0.05) is 18.5 Å². The van der Waals surface area contributed by atoms with Gasteiger partial charge < -0.3 is 14.5 Å². The minimum absolute atomic E-state index is 0.0996. The Hall–Kier alpha value is -1.26. The van der Waals surface area contributed by atoms with Crippen molar-refractivity contribution in [1.82, 2.24) is 4.90 Å². The first-order valence-corrected chi connectivity index (χ1v) is 8.06. The summed E-state index contributed by atoms with van der Waals surface area (Å²) in [6, 6.07) is 7.16. The highest BCUT2D eigenvalue weighted by molar-refractivity contribution is 6.30. The number of nitrogens with zero attached hydrogens (tertiary/aromatic N) is 1. The smallest absolute Gasteiger partial charge is 0.264 e. The number of likely N-dealkylation sites (N-methyl/N-ethyl adjacent to an activating group) is 1. The number of halogens is 1. The Labute approximate surface area is 131 Å². The Bertz CT molecular complexity index is 456. The summed E-state index contributed by atoms with van der Waals surface area (Å²) >= 11 is 5.86. The number of ether oxygens (including phenoxy) is 1. The Balaban J connectivity index is 1.94. The topological polar surface area (TPSA) is 34.0 Å². The van der Waals surface area contributed by atoms with Gasteiger partial charge in [0, 0.05) is 5.02 Å². The van der Waals surface area contributed by atoms with E-state index in [1.54, 1.807) is 29.2 Å².